The zero-order valence-electron chi connectivity index (χ0n) is 11.4. The molecule has 1 fully saturated rings. The largest absolute Gasteiger partial charge is 0.384 e. The fourth-order valence-corrected chi connectivity index (χ4v) is 2.96. The minimum Gasteiger partial charge on any atom is -0.384 e. The van der Waals surface area contributed by atoms with Gasteiger partial charge < -0.3 is 9.64 Å². The minimum absolute atomic E-state index is 0.712. The van der Waals surface area contributed by atoms with E-state index in [1.54, 1.807) is 7.11 Å². The van der Waals surface area contributed by atoms with Gasteiger partial charge in [-0.2, -0.15) is 5.10 Å². The summed E-state index contributed by atoms with van der Waals surface area (Å²) in [4.78, 5) is 2.53. The fraction of sp³-hybridized carbons (Fsp3) is 0.533. The van der Waals surface area contributed by atoms with Crippen molar-refractivity contribution >= 4 is 10.9 Å². The summed E-state index contributed by atoms with van der Waals surface area (Å²) in [5.41, 5.74) is 2.32. The van der Waals surface area contributed by atoms with Gasteiger partial charge in [-0.1, -0.05) is 18.2 Å². The Balaban J connectivity index is 1.58. The van der Waals surface area contributed by atoms with Gasteiger partial charge in [0.25, 0.3) is 0 Å². The molecule has 1 aliphatic rings. The summed E-state index contributed by atoms with van der Waals surface area (Å²) in [5.74, 6) is 0.712. The number of rotatable bonds is 5. The van der Waals surface area contributed by atoms with E-state index in [4.69, 9.17) is 4.74 Å². The molecule has 3 rings (SSSR count). The van der Waals surface area contributed by atoms with Crippen molar-refractivity contribution in [2.75, 3.05) is 33.4 Å². The third-order valence-corrected chi connectivity index (χ3v) is 3.99. The molecule has 102 valence electrons. The van der Waals surface area contributed by atoms with E-state index in [2.05, 4.69) is 33.3 Å². The monoisotopic (exact) mass is 259 g/mol. The zero-order valence-corrected chi connectivity index (χ0v) is 11.4. The summed E-state index contributed by atoms with van der Waals surface area (Å²) < 4.78 is 5.24. The van der Waals surface area contributed by atoms with Gasteiger partial charge in [-0.25, -0.2) is 0 Å². The molecule has 4 nitrogen and oxygen atoms in total. The fourth-order valence-electron chi connectivity index (χ4n) is 2.96. The minimum atomic E-state index is 0.712. The van der Waals surface area contributed by atoms with Crippen LogP contribution in [0.15, 0.2) is 24.3 Å². The Morgan fingerprint density at radius 3 is 3.21 bits per heavy atom. The van der Waals surface area contributed by atoms with E-state index in [1.165, 1.54) is 30.6 Å². The second-order valence-electron chi connectivity index (χ2n) is 5.38. The lowest BCUT2D eigenvalue weighted by atomic mass is 10.1. The van der Waals surface area contributed by atoms with E-state index in [0.29, 0.717) is 5.92 Å². The highest BCUT2D eigenvalue weighted by atomic mass is 16.5. The highest BCUT2D eigenvalue weighted by Gasteiger charge is 2.22. The molecule has 1 aliphatic heterocycles. The van der Waals surface area contributed by atoms with Crippen molar-refractivity contribution in [1.82, 2.24) is 15.1 Å². The summed E-state index contributed by atoms with van der Waals surface area (Å²) in [6, 6.07) is 8.31. The SMILES string of the molecule is COCC1CCN(CCc2[nH]nc3ccccc23)C1. The van der Waals surface area contributed by atoms with Crippen LogP contribution in [0.3, 0.4) is 0 Å². The molecule has 0 spiro atoms. The maximum Gasteiger partial charge on any atom is 0.0923 e. The van der Waals surface area contributed by atoms with Gasteiger partial charge in [0.1, 0.15) is 0 Å². The number of aromatic amines is 1. The van der Waals surface area contributed by atoms with Crippen LogP contribution in [-0.4, -0.2) is 48.4 Å². The number of nitrogens with one attached hydrogen (secondary N) is 1. The lowest BCUT2D eigenvalue weighted by Crippen LogP contribution is -2.24. The van der Waals surface area contributed by atoms with Crippen LogP contribution in [0.4, 0.5) is 0 Å². The predicted molar refractivity (Wildman–Crippen MR) is 76.2 cm³/mol. The van der Waals surface area contributed by atoms with E-state index in [1.807, 2.05) is 6.07 Å². The number of fused-ring (bicyclic) bond motifs is 1. The number of nitrogens with zero attached hydrogens (tertiary/aromatic N) is 2. The third-order valence-electron chi connectivity index (χ3n) is 3.99. The van der Waals surface area contributed by atoms with Gasteiger partial charge in [-0.15, -0.1) is 0 Å². The maximum absolute atomic E-state index is 5.24. The summed E-state index contributed by atoms with van der Waals surface area (Å²) in [6.07, 6.45) is 2.30. The second kappa shape index (κ2) is 5.72. The van der Waals surface area contributed by atoms with Gasteiger partial charge in [0.05, 0.1) is 12.1 Å². The van der Waals surface area contributed by atoms with Gasteiger partial charge in [-0.3, -0.25) is 5.10 Å². The van der Waals surface area contributed by atoms with Crippen molar-refractivity contribution in [3.05, 3.63) is 30.0 Å². The van der Waals surface area contributed by atoms with Crippen LogP contribution >= 0.6 is 0 Å². The quantitative estimate of drug-likeness (QED) is 0.893. The van der Waals surface area contributed by atoms with Crippen LogP contribution in [0.1, 0.15) is 12.1 Å². The van der Waals surface area contributed by atoms with E-state index in [-0.39, 0.29) is 0 Å². The van der Waals surface area contributed by atoms with Crippen molar-refractivity contribution < 1.29 is 4.74 Å². The predicted octanol–water partition coefficient (Wildman–Crippen LogP) is 2.07. The first-order valence-corrected chi connectivity index (χ1v) is 7.00. The molecule has 1 aromatic carbocycles. The van der Waals surface area contributed by atoms with Gasteiger partial charge >= 0.3 is 0 Å². The van der Waals surface area contributed by atoms with Gasteiger partial charge in [0.2, 0.25) is 0 Å². The Morgan fingerprint density at radius 1 is 1.42 bits per heavy atom. The van der Waals surface area contributed by atoms with Crippen LogP contribution in [0.25, 0.3) is 10.9 Å². The maximum atomic E-state index is 5.24. The third kappa shape index (κ3) is 2.80. The molecule has 0 aliphatic carbocycles. The van der Waals surface area contributed by atoms with Gasteiger partial charge in [0, 0.05) is 37.7 Å². The lowest BCUT2D eigenvalue weighted by molar-refractivity contribution is 0.153. The number of hydrogen-bond donors (Lipinski definition) is 1. The number of hydrogen-bond acceptors (Lipinski definition) is 3. The van der Waals surface area contributed by atoms with Crippen molar-refractivity contribution in [2.45, 2.75) is 12.8 Å². The molecule has 1 N–H and O–H groups in total. The van der Waals surface area contributed by atoms with E-state index in [0.717, 1.165) is 25.1 Å². The molecule has 0 bridgehead atoms. The summed E-state index contributed by atoms with van der Waals surface area (Å²) in [5, 5.41) is 8.78. The number of methoxy groups -OCH3 is 1. The average molecular weight is 259 g/mol. The van der Waals surface area contributed by atoms with Crippen molar-refractivity contribution in [3.63, 3.8) is 0 Å². The number of para-hydroxylation sites is 1. The topological polar surface area (TPSA) is 41.1 Å². The summed E-state index contributed by atoms with van der Waals surface area (Å²) >= 11 is 0. The van der Waals surface area contributed by atoms with Crippen LogP contribution in [0.2, 0.25) is 0 Å². The van der Waals surface area contributed by atoms with Crippen LogP contribution in [0, 0.1) is 5.92 Å². The van der Waals surface area contributed by atoms with E-state index in [9.17, 15) is 0 Å². The normalized spacial score (nSPS) is 20.4. The molecular formula is C15H21N3O. The number of ether oxygens (including phenoxy) is 1. The lowest BCUT2D eigenvalue weighted by Gasteiger charge is -2.15. The number of likely N-dealkylation sites (tertiary alicyclic amines) is 1. The molecule has 1 aromatic heterocycles. The van der Waals surface area contributed by atoms with Gasteiger partial charge in [-0.05, 0) is 24.9 Å². The van der Waals surface area contributed by atoms with E-state index < -0.39 is 0 Å². The Morgan fingerprint density at radius 2 is 2.32 bits per heavy atom. The molecule has 0 saturated carbocycles. The average Bonchev–Trinajstić information content (AvgIpc) is 3.04. The van der Waals surface area contributed by atoms with Crippen LogP contribution in [-0.2, 0) is 11.2 Å². The Hall–Kier alpha value is -1.39. The molecule has 1 atom stereocenters. The molecule has 1 unspecified atom stereocenters. The first kappa shape index (κ1) is 12.6. The van der Waals surface area contributed by atoms with Crippen molar-refractivity contribution in [1.29, 1.82) is 0 Å². The zero-order chi connectivity index (χ0) is 13.1. The summed E-state index contributed by atoms with van der Waals surface area (Å²) in [6.45, 7) is 4.36. The van der Waals surface area contributed by atoms with E-state index >= 15 is 0 Å². The van der Waals surface area contributed by atoms with Crippen LogP contribution in [0.5, 0.6) is 0 Å². The molecular weight excluding hydrogens is 238 g/mol. The molecule has 1 saturated heterocycles. The Bertz CT molecular complexity index is 537. The Kier molecular flexibility index (Phi) is 3.80. The number of aromatic nitrogens is 2. The number of H-pyrrole nitrogens is 1. The first-order chi connectivity index (χ1) is 9.36. The summed E-state index contributed by atoms with van der Waals surface area (Å²) in [7, 11) is 1.79. The van der Waals surface area contributed by atoms with Crippen molar-refractivity contribution in [2.24, 2.45) is 5.92 Å². The highest BCUT2D eigenvalue weighted by Crippen LogP contribution is 2.19. The Labute approximate surface area is 113 Å². The standard InChI is InChI=1S/C15H21N3O/c1-19-11-12-6-8-18(10-12)9-7-15-13-4-2-3-5-14(13)16-17-15/h2-5,12H,6-11H2,1H3,(H,16,17). The highest BCUT2D eigenvalue weighted by molar-refractivity contribution is 5.81. The molecule has 4 heteroatoms. The molecule has 0 amide bonds. The second-order valence-corrected chi connectivity index (χ2v) is 5.38. The first-order valence-electron chi connectivity index (χ1n) is 7.00. The van der Waals surface area contributed by atoms with Crippen molar-refractivity contribution in [3.8, 4) is 0 Å². The molecule has 2 heterocycles. The molecule has 2 aromatic rings. The van der Waals surface area contributed by atoms with Gasteiger partial charge in [0.15, 0.2) is 0 Å². The smallest absolute Gasteiger partial charge is 0.0923 e. The molecule has 19 heavy (non-hydrogen) atoms. The number of benzene rings is 1. The van der Waals surface area contributed by atoms with Crippen LogP contribution < -0.4 is 0 Å². The molecule has 0 radical (unpaired) electrons.